The molecule has 2 fully saturated rings. The summed E-state index contributed by atoms with van der Waals surface area (Å²) in [4.78, 5) is 40.3. The van der Waals surface area contributed by atoms with Crippen LogP contribution in [0.1, 0.15) is 61.4 Å². The van der Waals surface area contributed by atoms with Crippen molar-refractivity contribution in [3.8, 4) is 0 Å². The molecule has 0 bridgehead atoms. The third-order valence-electron chi connectivity index (χ3n) is 5.94. The molecule has 2 aliphatic heterocycles. The van der Waals surface area contributed by atoms with Crippen molar-refractivity contribution < 1.29 is 14.4 Å². The first-order valence-electron chi connectivity index (χ1n) is 9.62. The molecule has 26 heavy (non-hydrogen) atoms. The number of nitrogens with one attached hydrogen (secondary N) is 1. The first kappa shape index (κ1) is 17.1. The minimum absolute atomic E-state index is 0.107. The van der Waals surface area contributed by atoms with Crippen molar-refractivity contribution in [2.75, 3.05) is 11.4 Å². The molecule has 1 aromatic rings. The summed E-state index contributed by atoms with van der Waals surface area (Å²) >= 11 is 0. The van der Waals surface area contributed by atoms with E-state index in [-0.39, 0.29) is 24.1 Å². The number of amides is 3. The van der Waals surface area contributed by atoms with E-state index < -0.39 is 6.04 Å². The van der Waals surface area contributed by atoms with Crippen molar-refractivity contribution in [2.45, 2.75) is 64.1 Å². The molecule has 0 spiro atoms. The summed E-state index contributed by atoms with van der Waals surface area (Å²) in [6.07, 6.45) is 5.72. The molecular weight excluding hydrogens is 330 g/mol. The van der Waals surface area contributed by atoms with Gasteiger partial charge in [0.1, 0.15) is 6.04 Å². The Morgan fingerprint density at radius 1 is 1.15 bits per heavy atom. The van der Waals surface area contributed by atoms with E-state index in [0.29, 0.717) is 24.6 Å². The summed E-state index contributed by atoms with van der Waals surface area (Å²) in [6, 6.07) is 6.08. The van der Waals surface area contributed by atoms with Crippen molar-refractivity contribution >= 4 is 23.4 Å². The molecule has 1 saturated carbocycles. The molecule has 0 aromatic heterocycles. The van der Waals surface area contributed by atoms with E-state index in [1.54, 1.807) is 4.90 Å². The molecule has 6 nitrogen and oxygen atoms in total. The van der Waals surface area contributed by atoms with Crippen LogP contribution in [0.2, 0.25) is 0 Å². The minimum atomic E-state index is -0.548. The molecular formula is C20H25N3O3. The maximum atomic E-state index is 12.8. The first-order chi connectivity index (χ1) is 12.6. The summed E-state index contributed by atoms with van der Waals surface area (Å²) in [7, 11) is 0. The Hall–Kier alpha value is -2.37. The van der Waals surface area contributed by atoms with Gasteiger partial charge in [-0.2, -0.15) is 0 Å². The normalized spacial score (nSPS) is 23.3. The Labute approximate surface area is 153 Å². The van der Waals surface area contributed by atoms with Crippen LogP contribution in [0.25, 0.3) is 0 Å². The predicted molar refractivity (Wildman–Crippen MR) is 97.8 cm³/mol. The van der Waals surface area contributed by atoms with Gasteiger partial charge in [-0.15, -0.1) is 0 Å². The van der Waals surface area contributed by atoms with E-state index in [2.05, 4.69) is 23.2 Å². The zero-order valence-corrected chi connectivity index (χ0v) is 15.2. The highest BCUT2D eigenvalue weighted by Gasteiger charge is 2.39. The van der Waals surface area contributed by atoms with Gasteiger partial charge in [-0.25, -0.2) is 0 Å². The Balaban J connectivity index is 1.56. The number of fused-ring (bicyclic) bond motifs is 1. The van der Waals surface area contributed by atoms with Gasteiger partial charge < -0.3 is 9.80 Å². The summed E-state index contributed by atoms with van der Waals surface area (Å²) in [6.45, 7) is 3.57. The summed E-state index contributed by atoms with van der Waals surface area (Å²) in [5.74, 6) is -0.721. The average molecular weight is 355 g/mol. The highest BCUT2D eigenvalue weighted by molar-refractivity contribution is 6.05. The monoisotopic (exact) mass is 355 g/mol. The Bertz CT molecular complexity index is 755. The topological polar surface area (TPSA) is 69.7 Å². The number of piperidine rings is 1. The van der Waals surface area contributed by atoms with E-state index >= 15 is 0 Å². The van der Waals surface area contributed by atoms with E-state index in [9.17, 15) is 14.4 Å². The standard InChI is InChI=1S/C20H25N3O3/c1-2-22(14-5-3-4-6-14)15-7-8-16-13(11-15)12-23(20(16)26)17-9-10-18(24)21-19(17)25/h7-8,11,14,17H,2-6,9-10,12H2,1H3,(H,21,24,25). The van der Waals surface area contributed by atoms with Gasteiger partial charge in [-0.05, 0) is 49.9 Å². The fourth-order valence-corrected chi connectivity index (χ4v) is 4.61. The third-order valence-corrected chi connectivity index (χ3v) is 5.94. The smallest absolute Gasteiger partial charge is 0.255 e. The number of carbonyl (C=O) groups is 3. The molecule has 2 heterocycles. The number of rotatable bonds is 4. The van der Waals surface area contributed by atoms with Gasteiger partial charge in [0, 0.05) is 36.8 Å². The number of nitrogens with zero attached hydrogens (tertiary/aromatic N) is 2. The van der Waals surface area contributed by atoms with Crippen LogP contribution in [0.5, 0.6) is 0 Å². The zero-order chi connectivity index (χ0) is 18.3. The van der Waals surface area contributed by atoms with Crippen LogP contribution in [0.4, 0.5) is 5.69 Å². The second kappa shape index (κ2) is 6.74. The molecule has 1 aromatic carbocycles. The number of imide groups is 1. The quantitative estimate of drug-likeness (QED) is 0.841. The highest BCUT2D eigenvalue weighted by atomic mass is 16.2. The largest absolute Gasteiger partial charge is 0.369 e. The van der Waals surface area contributed by atoms with Crippen molar-refractivity contribution in [1.82, 2.24) is 10.2 Å². The second-order valence-corrected chi connectivity index (χ2v) is 7.47. The molecule has 6 heteroatoms. The molecule has 1 aliphatic carbocycles. The molecule has 1 unspecified atom stereocenters. The van der Waals surface area contributed by atoms with Gasteiger partial charge in [-0.3, -0.25) is 19.7 Å². The van der Waals surface area contributed by atoms with Gasteiger partial charge in [0.25, 0.3) is 5.91 Å². The van der Waals surface area contributed by atoms with Crippen LogP contribution >= 0.6 is 0 Å². The lowest BCUT2D eigenvalue weighted by molar-refractivity contribution is -0.136. The van der Waals surface area contributed by atoms with Gasteiger partial charge >= 0.3 is 0 Å². The van der Waals surface area contributed by atoms with Crippen LogP contribution < -0.4 is 10.2 Å². The van der Waals surface area contributed by atoms with E-state index in [1.165, 1.54) is 25.7 Å². The molecule has 1 atom stereocenters. The number of hydrogen-bond acceptors (Lipinski definition) is 4. The predicted octanol–water partition coefficient (Wildman–Crippen LogP) is 2.22. The molecule has 138 valence electrons. The first-order valence-corrected chi connectivity index (χ1v) is 9.62. The maximum Gasteiger partial charge on any atom is 0.255 e. The van der Waals surface area contributed by atoms with Gasteiger partial charge in [-0.1, -0.05) is 12.8 Å². The lowest BCUT2D eigenvalue weighted by Gasteiger charge is -2.30. The highest BCUT2D eigenvalue weighted by Crippen LogP contribution is 2.33. The number of hydrogen-bond donors (Lipinski definition) is 1. The number of carbonyl (C=O) groups excluding carboxylic acids is 3. The number of anilines is 1. The van der Waals surface area contributed by atoms with Crippen LogP contribution in [-0.2, 0) is 16.1 Å². The fraction of sp³-hybridized carbons (Fsp3) is 0.550. The van der Waals surface area contributed by atoms with Gasteiger partial charge in [0.05, 0.1) is 0 Å². The SMILES string of the molecule is CCN(c1ccc2c(c1)CN(C1CCC(=O)NC1=O)C2=O)C1CCCC1. The molecule has 4 rings (SSSR count). The molecule has 3 aliphatic rings. The van der Waals surface area contributed by atoms with Crippen molar-refractivity contribution in [3.05, 3.63) is 29.3 Å². The van der Waals surface area contributed by atoms with Gasteiger partial charge in [0.15, 0.2) is 0 Å². The van der Waals surface area contributed by atoms with Gasteiger partial charge in [0.2, 0.25) is 11.8 Å². The maximum absolute atomic E-state index is 12.8. The van der Waals surface area contributed by atoms with E-state index in [4.69, 9.17) is 0 Å². The second-order valence-electron chi connectivity index (χ2n) is 7.47. The fourth-order valence-electron chi connectivity index (χ4n) is 4.61. The van der Waals surface area contributed by atoms with Crippen molar-refractivity contribution in [1.29, 1.82) is 0 Å². The third kappa shape index (κ3) is 2.87. The Morgan fingerprint density at radius 3 is 2.62 bits per heavy atom. The van der Waals surface area contributed by atoms with Crippen LogP contribution in [0, 0.1) is 0 Å². The summed E-state index contributed by atoms with van der Waals surface area (Å²) in [5, 5.41) is 2.35. The van der Waals surface area contributed by atoms with Crippen molar-refractivity contribution in [2.24, 2.45) is 0 Å². The zero-order valence-electron chi connectivity index (χ0n) is 15.2. The van der Waals surface area contributed by atoms with Crippen molar-refractivity contribution in [3.63, 3.8) is 0 Å². The van der Waals surface area contributed by atoms with E-state index in [1.807, 2.05) is 12.1 Å². The Morgan fingerprint density at radius 2 is 1.92 bits per heavy atom. The molecule has 1 N–H and O–H groups in total. The number of benzene rings is 1. The molecule has 3 amide bonds. The van der Waals surface area contributed by atoms with Crippen LogP contribution in [-0.4, -0.2) is 41.2 Å². The molecule has 1 saturated heterocycles. The lowest BCUT2D eigenvalue weighted by Crippen LogP contribution is -2.52. The van der Waals surface area contributed by atoms with E-state index in [0.717, 1.165) is 17.8 Å². The molecule has 0 radical (unpaired) electrons. The van der Waals surface area contributed by atoms with Crippen LogP contribution in [0.3, 0.4) is 0 Å². The Kier molecular flexibility index (Phi) is 4.42. The minimum Gasteiger partial charge on any atom is -0.369 e. The van der Waals surface area contributed by atoms with Crippen LogP contribution in [0.15, 0.2) is 18.2 Å². The summed E-state index contributed by atoms with van der Waals surface area (Å²) < 4.78 is 0. The summed E-state index contributed by atoms with van der Waals surface area (Å²) in [5.41, 5.74) is 2.82. The lowest BCUT2D eigenvalue weighted by atomic mass is 10.0. The average Bonchev–Trinajstić information content (AvgIpc) is 3.25.